The molecule has 14 heavy (non-hydrogen) atoms. The molecule has 0 amide bonds. The van der Waals surface area contributed by atoms with E-state index in [1.165, 1.54) is 0 Å². The third-order valence-corrected chi connectivity index (χ3v) is 2.39. The first kappa shape index (κ1) is 13.8. The maximum atomic E-state index is 13.2. The van der Waals surface area contributed by atoms with Gasteiger partial charge in [-0.25, -0.2) is 0 Å². The quantitative estimate of drug-likeness (QED) is 0.461. The predicted octanol–water partition coefficient (Wildman–Crippen LogP) is 0.237. The summed E-state index contributed by atoms with van der Waals surface area (Å²) in [5.74, 6) is -0.500. The standard InChI is InChI=1S/C9H23FN4/c1-6-12-9(11-3,13(4)5)8-14(10)7-2/h11-12H,6-8H2,1-5H3. The highest BCUT2D eigenvalue weighted by atomic mass is 19.2. The van der Waals surface area contributed by atoms with Crippen LogP contribution in [0.15, 0.2) is 0 Å². The molecular weight excluding hydrogens is 183 g/mol. The number of hydrogen-bond acceptors (Lipinski definition) is 4. The molecule has 0 aromatic carbocycles. The van der Waals surface area contributed by atoms with Crippen LogP contribution in [0, 0.1) is 0 Å². The summed E-state index contributed by atoms with van der Waals surface area (Å²) < 4.78 is 13.2. The molecule has 5 heteroatoms. The van der Waals surface area contributed by atoms with Crippen LogP contribution in [-0.4, -0.2) is 56.6 Å². The molecule has 0 bridgehead atoms. The minimum Gasteiger partial charge on any atom is -0.289 e. The van der Waals surface area contributed by atoms with Crippen LogP contribution in [-0.2, 0) is 0 Å². The molecule has 4 nitrogen and oxygen atoms in total. The molecule has 0 radical (unpaired) electrons. The first-order valence-electron chi connectivity index (χ1n) is 5.04. The minimum absolute atomic E-state index is 0.292. The maximum absolute atomic E-state index is 13.2. The highest BCUT2D eigenvalue weighted by Crippen LogP contribution is 2.06. The summed E-state index contributed by atoms with van der Waals surface area (Å²) in [7, 11) is 5.66. The van der Waals surface area contributed by atoms with Crippen LogP contribution in [0.4, 0.5) is 4.48 Å². The van der Waals surface area contributed by atoms with Gasteiger partial charge in [0, 0.05) is 6.54 Å². The SMILES string of the molecule is CCNC(CN(F)CC)(NC)N(C)C. The average molecular weight is 206 g/mol. The van der Waals surface area contributed by atoms with Crippen molar-refractivity contribution in [3.05, 3.63) is 0 Å². The molecule has 0 fully saturated rings. The summed E-state index contributed by atoms with van der Waals surface area (Å²) in [6.45, 7) is 5.27. The van der Waals surface area contributed by atoms with E-state index in [9.17, 15) is 4.48 Å². The van der Waals surface area contributed by atoms with Gasteiger partial charge in [-0.05, 0) is 34.6 Å². The Bertz CT molecular complexity index is 154. The lowest BCUT2D eigenvalue weighted by atomic mass is 10.3. The van der Waals surface area contributed by atoms with Gasteiger partial charge >= 0.3 is 0 Å². The van der Waals surface area contributed by atoms with Crippen molar-refractivity contribution in [1.82, 2.24) is 20.7 Å². The Kier molecular flexibility index (Phi) is 6.19. The zero-order valence-electron chi connectivity index (χ0n) is 9.89. The van der Waals surface area contributed by atoms with Crippen molar-refractivity contribution in [3.8, 4) is 0 Å². The molecule has 2 N–H and O–H groups in total. The molecule has 1 atom stereocenters. The van der Waals surface area contributed by atoms with Crippen molar-refractivity contribution >= 4 is 0 Å². The predicted molar refractivity (Wildman–Crippen MR) is 57.5 cm³/mol. The van der Waals surface area contributed by atoms with Gasteiger partial charge in [-0.1, -0.05) is 6.92 Å². The van der Waals surface area contributed by atoms with Crippen LogP contribution in [0.5, 0.6) is 0 Å². The molecule has 0 saturated carbocycles. The fraction of sp³-hybridized carbons (Fsp3) is 1.00. The number of nitrogens with zero attached hydrogens (tertiary/aromatic N) is 2. The van der Waals surface area contributed by atoms with E-state index in [1.807, 2.05) is 33.0 Å². The first-order valence-corrected chi connectivity index (χ1v) is 5.04. The lowest BCUT2D eigenvalue weighted by Crippen LogP contribution is -2.68. The summed E-state index contributed by atoms with van der Waals surface area (Å²) in [5.41, 5.74) is 0. The topological polar surface area (TPSA) is 30.5 Å². The van der Waals surface area contributed by atoms with Crippen LogP contribution in [0.1, 0.15) is 13.8 Å². The van der Waals surface area contributed by atoms with Gasteiger partial charge < -0.3 is 0 Å². The summed E-state index contributed by atoms with van der Waals surface area (Å²) in [4.78, 5) is 1.94. The second kappa shape index (κ2) is 6.29. The van der Waals surface area contributed by atoms with Crippen LogP contribution in [0.3, 0.4) is 0 Å². The highest BCUT2D eigenvalue weighted by Gasteiger charge is 2.31. The molecule has 0 saturated heterocycles. The molecule has 86 valence electrons. The van der Waals surface area contributed by atoms with Gasteiger partial charge in [-0.3, -0.25) is 15.5 Å². The number of likely N-dealkylation sites (N-methyl/N-ethyl adjacent to an activating group) is 4. The molecule has 0 aromatic rings. The second-order valence-corrected chi connectivity index (χ2v) is 3.47. The van der Waals surface area contributed by atoms with Gasteiger partial charge in [0.15, 0.2) is 0 Å². The van der Waals surface area contributed by atoms with Crippen molar-refractivity contribution in [2.24, 2.45) is 0 Å². The number of hydrogen-bond donors (Lipinski definition) is 2. The molecule has 1 unspecified atom stereocenters. The van der Waals surface area contributed by atoms with E-state index in [0.717, 1.165) is 11.7 Å². The van der Waals surface area contributed by atoms with Crippen LogP contribution < -0.4 is 10.6 Å². The summed E-state index contributed by atoms with van der Waals surface area (Å²) in [6.07, 6.45) is 0. The van der Waals surface area contributed by atoms with E-state index in [4.69, 9.17) is 0 Å². The molecular formula is C9H23FN4. The Hall–Kier alpha value is -0.230. The van der Waals surface area contributed by atoms with Crippen molar-refractivity contribution < 1.29 is 4.48 Å². The van der Waals surface area contributed by atoms with E-state index in [0.29, 0.717) is 13.1 Å². The Morgan fingerprint density at radius 3 is 2.14 bits per heavy atom. The average Bonchev–Trinajstić information content (AvgIpc) is 2.16. The highest BCUT2D eigenvalue weighted by molar-refractivity contribution is 4.82. The van der Waals surface area contributed by atoms with E-state index >= 15 is 0 Å². The van der Waals surface area contributed by atoms with Crippen molar-refractivity contribution in [3.63, 3.8) is 0 Å². The molecule has 0 rings (SSSR count). The van der Waals surface area contributed by atoms with Gasteiger partial charge in [0.05, 0.1) is 6.54 Å². The normalized spacial score (nSPS) is 16.3. The third-order valence-electron chi connectivity index (χ3n) is 2.39. The van der Waals surface area contributed by atoms with Gasteiger partial charge in [0.1, 0.15) is 5.79 Å². The van der Waals surface area contributed by atoms with Gasteiger partial charge in [-0.15, -0.1) is 9.60 Å². The number of nitrogens with one attached hydrogen (secondary N) is 2. The third kappa shape index (κ3) is 3.49. The summed E-state index contributed by atoms with van der Waals surface area (Å²) in [6, 6.07) is 0. The van der Waals surface area contributed by atoms with E-state index in [2.05, 4.69) is 10.6 Å². The Balaban J connectivity index is 4.48. The minimum atomic E-state index is -0.500. The zero-order valence-corrected chi connectivity index (χ0v) is 9.89. The van der Waals surface area contributed by atoms with Crippen LogP contribution in [0.2, 0.25) is 0 Å². The molecule has 0 aliphatic rings. The molecule has 0 aliphatic heterocycles. The Morgan fingerprint density at radius 1 is 1.29 bits per heavy atom. The summed E-state index contributed by atoms with van der Waals surface area (Å²) in [5, 5.41) is 7.15. The van der Waals surface area contributed by atoms with Crippen molar-refractivity contribution in [1.29, 1.82) is 0 Å². The fourth-order valence-electron chi connectivity index (χ4n) is 1.40. The smallest absolute Gasteiger partial charge is 0.141 e. The van der Waals surface area contributed by atoms with Crippen LogP contribution >= 0.6 is 0 Å². The molecule has 0 aliphatic carbocycles. The van der Waals surface area contributed by atoms with E-state index < -0.39 is 5.79 Å². The van der Waals surface area contributed by atoms with Gasteiger partial charge in [0.25, 0.3) is 0 Å². The number of rotatable bonds is 7. The first-order chi connectivity index (χ1) is 6.52. The Labute approximate surface area is 86.4 Å². The molecule has 0 spiro atoms. The molecule has 0 heterocycles. The van der Waals surface area contributed by atoms with Crippen LogP contribution in [0.25, 0.3) is 0 Å². The van der Waals surface area contributed by atoms with Crippen molar-refractivity contribution in [2.45, 2.75) is 19.6 Å². The lowest BCUT2D eigenvalue weighted by molar-refractivity contribution is -0.0511. The van der Waals surface area contributed by atoms with Crippen molar-refractivity contribution in [2.75, 3.05) is 40.8 Å². The summed E-state index contributed by atoms with van der Waals surface area (Å²) >= 11 is 0. The maximum Gasteiger partial charge on any atom is 0.141 e. The second-order valence-electron chi connectivity index (χ2n) is 3.47. The monoisotopic (exact) mass is 206 g/mol. The number of halogens is 1. The fourth-order valence-corrected chi connectivity index (χ4v) is 1.40. The van der Waals surface area contributed by atoms with E-state index in [1.54, 1.807) is 6.92 Å². The zero-order chi connectivity index (χ0) is 11.2. The van der Waals surface area contributed by atoms with Gasteiger partial charge in [-0.2, -0.15) is 0 Å². The lowest BCUT2D eigenvalue weighted by Gasteiger charge is -2.41. The Morgan fingerprint density at radius 2 is 1.86 bits per heavy atom. The van der Waals surface area contributed by atoms with Gasteiger partial charge in [0.2, 0.25) is 0 Å². The molecule has 0 aromatic heterocycles. The largest absolute Gasteiger partial charge is 0.289 e. The van der Waals surface area contributed by atoms with E-state index in [-0.39, 0.29) is 0 Å².